The molecule has 0 radical (unpaired) electrons. The maximum Gasteiger partial charge on any atom is 0.258 e. The fraction of sp³-hybridized carbons (Fsp3) is 0.636. The van der Waals surface area contributed by atoms with Crippen LogP contribution in [-0.2, 0) is 36.5 Å². The van der Waals surface area contributed by atoms with Crippen LogP contribution in [0.25, 0.3) is 22.1 Å². The number of aliphatic hydroxyl groups excluding tert-OH is 4. The van der Waals surface area contributed by atoms with Crippen LogP contribution in [0.4, 0.5) is 0 Å². The molecule has 3 aliphatic heterocycles. The van der Waals surface area contributed by atoms with Gasteiger partial charge in [-0.15, -0.1) is 0 Å². The Morgan fingerprint density at radius 2 is 1.67 bits per heavy atom. The minimum absolute atomic E-state index is 0.0426. The summed E-state index contributed by atoms with van der Waals surface area (Å²) >= 11 is 0. The third-order valence-corrected chi connectivity index (χ3v) is 12.0. The summed E-state index contributed by atoms with van der Waals surface area (Å²) < 4.78 is 41.9. The predicted octanol–water partition coefficient (Wildman–Crippen LogP) is 5.17. The van der Waals surface area contributed by atoms with Crippen LogP contribution in [0.5, 0.6) is 17.2 Å². The maximum atomic E-state index is 14.3. The van der Waals surface area contributed by atoms with Crippen LogP contribution >= 0.6 is 0 Å². The monoisotopic (exact) mass is 843 g/mol. The number of benzene rings is 2. The normalized spacial score (nSPS) is 27.5. The van der Waals surface area contributed by atoms with Gasteiger partial charge in [-0.1, -0.05) is 40.7 Å². The van der Waals surface area contributed by atoms with E-state index in [9.17, 15) is 40.2 Å². The van der Waals surface area contributed by atoms with Gasteiger partial charge in [0.1, 0.15) is 35.5 Å². The molecule has 16 nitrogen and oxygen atoms in total. The molecule has 1 saturated heterocycles. The molecule has 3 aromatic rings. The molecule has 0 spiro atoms. The smallest absolute Gasteiger partial charge is 0.258 e. The van der Waals surface area contributed by atoms with Gasteiger partial charge in [-0.25, -0.2) is 0 Å². The largest absolute Gasteiger partial charge is 0.506 e. The number of hydrogen-bond acceptors (Lipinski definition) is 15. The number of rotatable bonds is 10. The van der Waals surface area contributed by atoms with Crippen molar-refractivity contribution in [3.63, 3.8) is 0 Å². The Morgan fingerprint density at radius 3 is 2.35 bits per heavy atom. The van der Waals surface area contributed by atoms with Gasteiger partial charge in [0, 0.05) is 48.5 Å². The van der Waals surface area contributed by atoms with Crippen molar-refractivity contribution in [1.82, 2.24) is 4.90 Å². The van der Waals surface area contributed by atoms with E-state index in [1.54, 1.807) is 6.92 Å². The average molecular weight is 844 g/mol. The van der Waals surface area contributed by atoms with E-state index >= 15 is 0 Å². The lowest BCUT2D eigenvalue weighted by molar-refractivity contribution is -0.256. The molecule has 60 heavy (non-hydrogen) atoms. The first-order valence-electron chi connectivity index (χ1n) is 21.4. The van der Waals surface area contributed by atoms with Crippen LogP contribution in [0.2, 0.25) is 0 Å². The Labute approximate surface area is 349 Å². The molecule has 4 heterocycles. The molecule has 6 N–H and O–H groups in total. The lowest BCUT2D eigenvalue weighted by Crippen LogP contribution is -2.45. The van der Waals surface area contributed by atoms with E-state index < -0.39 is 60.0 Å². The summed E-state index contributed by atoms with van der Waals surface area (Å²) in [4.78, 5) is 29.5. The molecule has 0 bridgehead atoms. The fourth-order valence-electron chi connectivity index (χ4n) is 9.02. The standard InChI is InChI=1S/C40H49NO15.2C2H6/c1-5-23(55-26-7-6-21(43)17(3)54-26)18(4)50-14-52-25-13-22(44)29-35(47)32-36(48)31-27-20(11-19-10-16(2)41(8-9-42)40(49)28(19)34(27)46)12-24-30(31)38(53-15-51-24)39(32)56-37(29)33(25)45;2*1-2/h11,16-18,21-26,33,42-46,48H,5-10,12-15H2,1-4H3;2*1-2H3. The number of β-amino-alcohol motifs (C(OH)–C–C–N with tert-alkyl or cyclic N) is 1. The SMILES string of the molecule is CC.CC.CCC(OC1CCC(O)C(C)O1)C(C)OCOC1CC(O)c2c(oc3c4c5c(c(O)c3c2=O)-c2c(cc3c(c2O)C(=O)N(CCO)C(C)C3)CC5OCO4)C1O. The number of aromatic hydroxyl groups is 2. The van der Waals surface area contributed by atoms with Gasteiger partial charge >= 0.3 is 0 Å². The third-order valence-electron chi connectivity index (χ3n) is 12.0. The number of phenols is 2. The number of aliphatic hydroxyl groups is 4. The zero-order valence-electron chi connectivity index (χ0n) is 35.7. The number of amides is 1. The van der Waals surface area contributed by atoms with Crippen LogP contribution in [-0.4, -0.2) is 111 Å². The first kappa shape index (κ1) is 45.7. The van der Waals surface area contributed by atoms with Gasteiger partial charge in [0.05, 0.1) is 60.5 Å². The first-order chi connectivity index (χ1) is 28.8. The molecule has 1 aromatic heterocycles. The Balaban J connectivity index is 0.00000147. The minimum atomic E-state index is -1.52. The van der Waals surface area contributed by atoms with Crippen LogP contribution < -0.4 is 10.2 Å². The number of ether oxygens (including phenoxy) is 6. The maximum absolute atomic E-state index is 14.3. The molecule has 16 heteroatoms. The molecule has 5 aliphatic rings. The number of hydrogen-bond donors (Lipinski definition) is 6. The van der Waals surface area contributed by atoms with Gasteiger partial charge in [0.25, 0.3) is 5.91 Å². The molecule has 0 saturated carbocycles. The third kappa shape index (κ3) is 8.02. The van der Waals surface area contributed by atoms with Crippen LogP contribution in [0, 0.1) is 0 Å². The Bertz CT molecular complexity index is 2090. The second-order valence-electron chi connectivity index (χ2n) is 15.5. The molecule has 2 aliphatic carbocycles. The van der Waals surface area contributed by atoms with E-state index in [0.717, 1.165) is 0 Å². The number of carbonyl (C=O) groups is 1. The molecule has 8 rings (SSSR count). The highest BCUT2D eigenvalue weighted by molar-refractivity contribution is 6.06. The van der Waals surface area contributed by atoms with Crippen molar-refractivity contribution in [3.05, 3.63) is 49.9 Å². The summed E-state index contributed by atoms with van der Waals surface area (Å²) in [5.41, 5.74) is 0.511. The van der Waals surface area contributed by atoms with Crippen molar-refractivity contribution >= 4 is 16.9 Å². The molecular weight excluding hydrogens is 782 g/mol. The molecule has 10 atom stereocenters. The summed E-state index contributed by atoms with van der Waals surface area (Å²) in [6.07, 6.45) is -4.69. The zero-order chi connectivity index (χ0) is 43.7. The van der Waals surface area contributed by atoms with Crippen molar-refractivity contribution in [2.75, 3.05) is 26.7 Å². The number of phenolic OH excluding ortho intramolecular Hbond substituents is 2. The van der Waals surface area contributed by atoms with Crippen molar-refractivity contribution in [3.8, 4) is 28.4 Å². The highest BCUT2D eigenvalue weighted by atomic mass is 16.7. The summed E-state index contributed by atoms with van der Waals surface area (Å²) in [7, 11) is 0. The Kier molecular flexibility index (Phi) is 14.5. The van der Waals surface area contributed by atoms with Gasteiger partial charge in [-0.05, 0) is 51.2 Å². The van der Waals surface area contributed by atoms with Crippen LogP contribution in [0.3, 0.4) is 0 Å². The van der Waals surface area contributed by atoms with Gasteiger partial charge in [-0.2, -0.15) is 0 Å². The first-order valence-corrected chi connectivity index (χ1v) is 21.4. The number of nitrogens with zero attached hydrogens (tertiary/aromatic N) is 1. The zero-order valence-corrected chi connectivity index (χ0v) is 35.7. The van der Waals surface area contributed by atoms with Gasteiger partial charge in [0.2, 0.25) is 5.43 Å². The van der Waals surface area contributed by atoms with Crippen molar-refractivity contribution in [2.24, 2.45) is 0 Å². The minimum Gasteiger partial charge on any atom is -0.506 e. The Morgan fingerprint density at radius 1 is 0.950 bits per heavy atom. The second kappa shape index (κ2) is 19.1. The van der Waals surface area contributed by atoms with Crippen molar-refractivity contribution in [2.45, 2.75) is 155 Å². The highest BCUT2D eigenvalue weighted by Gasteiger charge is 2.45. The Hall–Kier alpha value is -3.84. The second-order valence-corrected chi connectivity index (χ2v) is 15.5. The summed E-state index contributed by atoms with van der Waals surface area (Å²) in [5.74, 6) is -1.59. The lowest BCUT2D eigenvalue weighted by atomic mass is 9.77. The molecular formula is C44H61NO15. The summed E-state index contributed by atoms with van der Waals surface area (Å²) in [6.45, 7) is 14.7. The van der Waals surface area contributed by atoms with Gasteiger partial charge in [0.15, 0.2) is 24.4 Å². The molecule has 1 amide bonds. The van der Waals surface area contributed by atoms with E-state index in [1.165, 1.54) is 4.90 Å². The number of fused-ring (bicyclic) bond motifs is 6. The van der Waals surface area contributed by atoms with E-state index in [1.807, 2.05) is 54.5 Å². The van der Waals surface area contributed by atoms with E-state index in [4.69, 9.17) is 32.8 Å². The van der Waals surface area contributed by atoms with Gasteiger partial charge in [-0.3, -0.25) is 9.59 Å². The molecule has 2 aromatic carbocycles. The number of carbonyl (C=O) groups excluding carboxylic acids is 1. The molecule has 10 unspecified atom stereocenters. The van der Waals surface area contributed by atoms with Crippen molar-refractivity contribution in [1.29, 1.82) is 0 Å². The van der Waals surface area contributed by atoms with E-state index in [0.29, 0.717) is 42.4 Å². The molecule has 332 valence electrons. The average Bonchev–Trinajstić information content (AvgIpc) is 3.23. The summed E-state index contributed by atoms with van der Waals surface area (Å²) in [5, 5.41) is 65.9. The summed E-state index contributed by atoms with van der Waals surface area (Å²) in [6, 6.07) is 1.58. The molecule has 1 fully saturated rings. The van der Waals surface area contributed by atoms with Gasteiger partial charge < -0.3 is 68.4 Å². The van der Waals surface area contributed by atoms with Crippen LogP contribution in [0.15, 0.2) is 15.3 Å². The predicted molar refractivity (Wildman–Crippen MR) is 218 cm³/mol. The van der Waals surface area contributed by atoms with E-state index in [-0.39, 0.29) is 108 Å². The highest BCUT2D eigenvalue weighted by Crippen LogP contribution is 2.58. The lowest BCUT2D eigenvalue weighted by Gasteiger charge is -2.38. The van der Waals surface area contributed by atoms with Crippen molar-refractivity contribution < 1.29 is 68.3 Å². The fourth-order valence-corrected chi connectivity index (χ4v) is 9.02. The quantitative estimate of drug-likeness (QED) is 0.145. The van der Waals surface area contributed by atoms with Crippen LogP contribution in [0.1, 0.15) is 138 Å². The topological polar surface area (TPSA) is 227 Å². The van der Waals surface area contributed by atoms with E-state index in [2.05, 4.69) is 0 Å².